The van der Waals surface area contributed by atoms with Gasteiger partial charge in [-0.25, -0.2) is 0 Å². The van der Waals surface area contributed by atoms with Gasteiger partial charge in [0.1, 0.15) is 0 Å². The Morgan fingerprint density at radius 3 is 2.56 bits per heavy atom. The van der Waals surface area contributed by atoms with Gasteiger partial charge < -0.3 is 10.2 Å². The molecule has 25 heavy (non-hydrogen) atoms. The first-order valence-corrected chi connectivity index (χ1v) is 11.1. The second kappa shape index (κ2) is 5.45. The lowest BCUT2D eigenvalue weighted by molar-refractivity contribution is -0.169. The molecule has 8 atom stereocenters. The molecule has 1 heterocycles. The molecule has 3 heteroatoms. The Labute approximate surface area is 153 Å². The van der Waals surface area contributed by atoms with Crippen LogP contribution in [-0.4, -0.2) is 45.9 Å². The average molecular weight is 348 g/mol. The van der Waals surface area contributed by atoms with Gasteiger partial charge in [-0.2, -0.15) is 0 Å². The fourth-order valence-corrected chi connectivity index (χ4v) is 9.14. The fraction of sp³-hybridized carbons (Fsp3) is 1.00. The molecule has 0 aromatic heterocycles. The topological polar surface area (TPSA) is 43.7 Å². The zero-order chi connectivity index (χ0) is 17.4. The molecule has 3 nitrogen and oxygen atoms in total. The highest BCUT2D eigenvalue weighted by molar-refractivity contribution is 5.21. The number of hydrogen-bond donors (Lipinski definition) is 2. The van der Waals surface area contributed by atoms with E-state index in [4.69, 9.17) is 0 Å². The minimum Gasteiger partial charge on any atom is -0.393 e. The van der Waals surface area contributed by atoms with Gasteiger partial charge in [-0.15, -0.1) is 0 Å². The normalized spacial score (nSPS) is 58.3. The van der Waals surface area contributed by atoms with E-state index >= 15 is 0 Å². The third kappa shape index (κ3) is 1.93. The van der Waals surface area contributed by atoms with Gasteiger partial charge in [-0.3, -0.25) is 4.90 Å². The molecule has 4 aliphatic carbocycles. The van der Waals surface area contributed by atoms with Crippen molar-refractivity contribution in [3.63, 3.8) is 0 Å². The van der Waals surface area contributed by atoms with Gasteiger partial charge in [0.25, 0.3) is 0 Å². The summed E-state index contributed by atoms with van der Waals surface area (Å²) in [5.41, 5.74) is 0.931. The fourth-order valence-electron chi connectivity index (χ4n) is 9.14. The number of aliphatic hydroxyl groups excluding tert-OH is 2. The van der Waals surface area contributed by atoms with Crippen LogP contribution in [0.25, 0.3) is 0 Å². The Balaban J connectivity index is 1.54. The first kappa shape index (κ1) is 17.0. The van der Waals surface area contributed by atoms with Crippen molar-refractivity contribution in [3.8, 4) is 0 Å². The van der Waals surface area contributed by atoms with Crippen LogP contribution in [-0.2, 0) is 0 Å². The summed E-state index contributed by atoms with van der Waals surface area (Å²) in [6, 6.07) is 0. The van der Waals surface area contributed by atoms with Crippen molar-refractivity contribution in [2.24, 2.45) is 28.6 Å². The monoisotopic (exact) mass is 347 g/mol. The van der Waals surface area contributed by atoms with Gasteiger partial charge in [-0.05, 0) is 106 Å². The summed E-state index contributed by atoms with van der Waals surface area (Å²) >= 11 is 0. The third-order valence-electron chi connectivity index (χ3n) is 10.2. The Bertz CT molecular complexity index is 552. The zero-order valence-corrected chi connectivity index (χ0v) is 16.2. The van der Waals surface area contributed by atoms with Gasteiger partial charge in [-0.1, -0.05) is 13.8 Å². The Hall–Kier alpha value is -0.120. The van der Waals surface area contributed by atoms with E-state index in [1.165, 1.54) is 51.5 Å². The molecule has 0 amide bonds. The van der Waals surface area contributed by atoms with Gasteiger partial charge in [0.2, 0.25) is 0 Å². The van der Waals surface area contributed by atoms with Gasteiger partial charge in [0.15, 0.2) is 0 Å². The van der Waals surface area contributed by atoms with Crippen LogP contribution in [0.5, 0.6) is 0 Å². The second-order valence-electron chi connectivity index (χ2n) is 10.5. The molecule has 142 valence electrons. The number of rotatable bonds is 1. The third-order valence-corrected chi connectivity index (χ3v) is 10.2. The van der Waals surface area contributed by atoms with Crippen molar-refractivity contribution in [1.82, 2.24) is 4.90 Å². The Kier molecular flexibility index (Phi) is 3.71. The standard InChI is InChI=1S/C22H37NO2/c1-3-23-13-12-21-10-6-15(24)14-22(21,23)11-7-16-17-4-5-19(25)20(17,2)9-8-18(16)21/h15-19,24-25H,3-14H2,1-2H3/t15-,16-,17-,18-,19-,20-,21?,22?/m0/s1. The van der Waals surface area contributed by atoms with E-state index in [2.05, 4.69) is 18.7 Å². The molecule has 1 saturated heterocycles. The quantitative estimate of drug-likeness (QED) is 0.762. The second-order valence-corrected chi connectivity index (χ2v) is 10.5. The molecule has 5 aliphatic rings. The van der Waals surface area contributed by atoms with E-state index in [0.717, 1.165) is 43.6 Å². The molecule has 4 saturated carbocycles. The predicted molar refractivity (Wildman–Crippen MR) is 99.2 cm³/mol. The van der Waals surface area contributed by atoms with Crippen LogP contribution in [0.4, 0.5) is 0 Å². The molecule has 5 fully saturated rings. The Morgan fingerprint density at radius 2 is 1.76 bits per heavy atom. The summed E-state index contributed by atoms with van der Waals surface area (Å²) in [6.45, 7) is 7.11. The maximum atomic E-state index is 10.7. The van der Waals surface area contributed by atoms with E-state index < -0.39 is 0 Å². The molecule has 0 bridgehead atoms. The van der Waals surface area contributed by atoms with Crippen molar-refractivity contribution < 1.29 is 10.2 Å². The van der Waals surface area contributed by atoms with E-state index in [9.17, 15) is 10.2 Å². The largest absolute Gasteiger partial charge is 0.393 e. The van der Waals surface area contributed by atoms with Crippen molar-refractivity contribution in [2.75, 3.05) is 13.1 Å². The molecule has 0 aromatic rings. The SMILES string of the molecule is CCN1CCC23CC[C@H](O)CC12CC[C@@H]1[C@@H]3CC[C@]2(C)[C@@H](O)CC[C@@H]12. The minimum atomic E-state index is -0.0843. The van der Waals surface area contributed by atoms with Gasteiger partial charge >= 0.3 is 0 Å². The van der Waals surface area contributed by atoms with Gasteiger partial charge in [0, 0.05) is 5.54 Å². The minimum absolute atomic E-state index is 0.0634. The van der Waals surface area contributed by atoms with Crippen LogP contribution < -0.4 is 0 Å². The number of nitrogens with zero attached hydrogens (tertiary/aromatic N) is 1. The average Bonchev–Trinajstić information content (AvgIpc) is 3.09. The summed E-state index contributed by atoms with van der Waals surface area (Å²) < 4.78 is 0. The predicted octanol–water partition coefficient (Wildman–Crippen LogP) is 3.58. The first-order chi connectivity index (χ1) is 12.0. The summed E-state index contributed by atoms with van der Waals surface area (Å²) in [5.74, 6) is 2.42. The molecule has 2 unspecified atom stereocenters. The van der Waals surface area contributed by atoms with E-state index in [1.54, 1.807) is 0 Å². The lowest BCUT2D eigenvalue weighted by Crippen LogP contribution is -2.66. The van der Waals surface area contributed by atoms with E-state index in [1.807, 2.05) is 0 Å². The highest BCUT2D eigenvalue weighted by Gasteiger charge is 2.69. The van der Waals surface area contributed by atoms with Crippen molar-refractivity contribution in [3.05, 3.63) is 0 Å². The maximum Gasteiger partial charge on any atom is 0.0596 e. The van der Waals surface area contributed by atoms with E-state index in [-0.39, 0.29) is 23.2 Å². The molecule has 0 aromatic carbocycles. The van der Waals surface area contributed by atoms with Crippen LogP contribution in [0.1, 0.15) is 78.1 Å². The van der Waals surface area contributed by atoms with Crippen LogP contribution in [0.3, 0.4) is 0 Å². The van der Waals surface area contributed by atoms with Crippen LogP contribution in [0.15, 0.2) is 0 Å². The smallest absolute Gasteiger partial charge is 0.0596 e. The molecular formula is C22H37NO2. The number of fused-ring (bicyclic) bond motifs is 3. The molecule has 0 radical (unpaired) electrons. The summed E-state index contributed by atoms with van der Waals surface area (Å²) in [5, 5.41) is 21.2. The lowest BCUT2D eigenvalue weighted by Gasteiger charge is -2.65. The Morgan fingerprint density at radius 1 is 0.920 bits per heavy atom. The summed E-state index contributed by atoms with van der Waals surface area (Å²) in [7, 11) is 0. The van der Waals surface area contributed by atoms with Crippen molar-refractivity contribution in [2.45, 2.75) is 95.8 Å². The number of hydrogen-bond acceptors (Lipinski definition) is 3. The maximum absolute atomic E-state index is 10.7. The molecule has 2 N–H and O–H groups in total. The highest BCUT2D eigenvalue weighted by atomic mass is 16.3. The van der Waals surface area contributed by atoms with E-state index in [0.29, 0.717) is 5.41 Å². The van der Waals surface area contributed by atoms with Gasteiger partial charge in [0.05, 0.1) is 12.2 Å². The number of aliphatic hydroxyl groups is 2. The van der Waals surface area contributed by atoms with Crippen molar-refractivity contribution in [1.29, 1.82) is 0 Å². The summed E-state index contributed by atoms with van der Waals surface area (Å²) in [6.07, 6.45) is 12.0. The lowest BCUT2D eigenvalue weighted by atomic mass is 9.42. The van der Waals surface area contributed by atoms with Crippen molar-refractivity contribution >= 4 is 0 Å². The highest BCUT2D eigenvalue weighted by Crippen LogP contribution is 2.71. The summed E-state index contributed by atoms with van der Waals surface area (Å²) in [4.78, 5) is 2.77. The van der Waals surface area contributed by atoms with Crippen LogP contribution in [0.2, 0.25) is 0 Å². The first-order valence-electron chi connectivity index (χ1n) is 11.1. The molecule has 0 spiro atoms. The molecule has 1 aliphatic heterocycles. The number of likely N-dealkylation sites (tertiary alicyclic amines) is 1. The zero-order valence-electron chi connectivity index (χ0n) is 16.2. The molecular weight excluding hydrogens is 310 g/mol. The molecule has 5 rings (SSSR count). The van der Waals surface area contributed by atoms with Crippen LogP contribution in [0, 0.1) is 28.6 Å². The van der Waals surface area contributed by atoms with Crippen LogP contribution >= 0.6 is 0 Å².